The van der Waals surface area contributed by atoms with E-state index >= 15 is 0 Å². The Labute approximate surface area is 102 Å². The van der Waals surface area contributed by atoms with Crippen molar-refractivity contribution in [2.24, 2.45) is 0 Å². The van der Waals surface area contributed by atoms with E-state index in [4.69, 9.17) is 9.84 Å². The maximum absolute atomic E-state index is 10.5. The monoisotopic (exact) mass is 230 g/mol. The van der Waals surface area contributed by atoms with Crippen molar-refractivity contribution in [1.82, 2.24) is 0 Å². The van der Waals surface area contributed by atoms with Crippen LogP contribution in [0.5, 0.6) is 5.75 Å². The first-order valence-electron chi connectivity index (χ1n) is 4.64. The molecular formula is C12H11AlO3. The van der Waals surface area contributed by atoms with Gasteiger partial charge in [-0.3, -0.25) is 0 Å². The highest BCUT2D eigenvalue weighted by Gasteiger charge is 1.94. The molecule has 0 fully saturated rings. The third kappa shape index (κ3) is 3.94. The van der Waals surface area contributed by atoms with E-state index in [9.17, 15) is 4.79 Å². The molecule has 0 atom stereocenters. The number of carboxylic acid groups (broad SMARTS) is 1. The number of carbonyl (C=O) groups is 1. The van der Waals surface area contributed by atoms with E-state index in [2.05, 4.69) is 16.3 Å². The van der Waals surface area contributed by atoms with E-state index in [0.717, 1.165) is 11.3 Å². The van der Waals surface area contributed by atoms with Crippen LogP contribution in [0, 0.1) is 0 Å². The summed E-state index contributed by atoms with van der Waals surface area (Å²) in [5.41, 5.74) is 0.957. The van der Waals surface area contributed by atoms with Crippen molar-refractivity contribution in [2.75, 3.05) is 7.11 Å². The first-order valence-corrected chi connectivity index (χ1v) is 5.22. The number of carboxylic acids is 1. The first-order chi connectivity index (χ1) is 7.63. The Hall–Kier alpha value is -1.50. The lowest BCUT2D eigenvalue weighted by Crippen LogP contribution is -1.98. The topological polar surface area (TPSA) is 46.5 Å². The molecule has 80 valence electrons. The molecule has 1 N–H and O–H groups in total. The Bertz CT molecular complexity index is 436. The van der Waals surface area contributed by atoms with Crippen LogP contribution in [0.25, 0.3) is 6.08 Å². The summed E-state index contributed by atoms with van der Waals surface area (Å²) in [6.07, 6.45) is 5.02. The van der Waals surface area contributed by atoms with Gasteiger partial charge in [-0.15, -0.1) is 0 Å². The number of methoxy groups -OCH3 is 1. The summed E-state index contributed by atoms with van der Waals surface area (Å²) < 4.78 is 5.29. The molecular weight excluding hydrogens is 219 g/mol. The van der Waals surface area contributed by atoms with Gasteiger partial charge in [0.2, 0.25) is 0 Å². The molecule has 0 amide bonds. The van der Waals surface area contributed by atoms with Crippen molar-refractivity contribution in [3.8, 4) is 5.75 Å². The van der Waals surface area contributed by atoms with Gasteiger partial charge >= 0.3 is 5.97 Å². The molecule has 0 aliphatic carbocycles. The van der Waals surface area contributed by atoms with Gasteiger partial charge in [0.25, 0.3) is 0 Å². The molecule has 0 aliphatic heterocycles. The second-order valence-corrected chi connectivity index (χ2v) is 3.68. The molecule has 1 rings (SSSR count). The van der Waals surface area contributed by atoms with Crippen LogP contribution in [0.15, 0.2) is 40.9 Å². The molecule has 3 nitrogen and oxygen atoms in total. The van der Waals surface area contributed by atoms with Crippen LogP contribution in [-0.4, -0.2) is 34.5 Å². The zero-order valence-corrected chi connectivity index (χ0v) is 10.0. The zero-order valence-electron chi connectivity index (χ0n) is 8.88. The second-order valence-electron chi connectivity index (χ2n) is 3.06. The number of ether oxygens (including phenoxy) is 1. The fraction of sp³-hybridized carbons (Fsp3) is 0.0833. The van der Waals surface area contributed by atoms with Crippen LogP contribution in [-0.2, 0) is 4.79 Å². The van der Waals surface area contributed by atoms with E-state index in [0.29, 0.717) is 0 Å². The summed E-state index contributed by atoms with van der Waals surface area (Å²) in [5.74, 6) is -0.171. The Morgan fingerprint density at radius 2 is 2.25 bits per heavy atom. The van der Waals surface area contributed by atoms with Gasteiger partial charge in [-0.1, -0.05) is 34.8 Å². The SMILES string of the molecule is COc1cccc(/C=C/C=[C](/[Al])C(=O)O)c1. The summed E-state index contributed by atoms with van der Waals surface area (Å²) in [4.78, 5) is 10.5. The van der Waals surface area contributed by atoms with Crippen LogP contribution in [0.2, 0.25) is 0 Å². The number of hydrogen-bond donors (Lipinski definition) is 1. The number of hydrogen-bond acceptors (Lipinski definition) is 2. The second kappa shape index (κ2) is 6.17. The smallest absolute Gasteiger partial charge is 0.312 e. The quantitative estimate of drug-likeness (QED) is 0.487. The Morgan fingerprint density at radius 1 is 1.50 bits per heavy atom. The Kier molecular flexibility index (Phi) is 4.84. The van der Waals surface area contributed by atoms with Crippen LogP contribution in [0.3, 0.4) is 0 Å². The molecule has 0 saturated heterocycles. The number of rotatable bonds is 4. The summed E-state index contributed by atoms with van der Waals surface area (Å²) in [7, 11) is 1.61. The van der Waals surface area contributed by atoms with Gasteiger partial charge in [0.15, 0.2) is 16.3 Å². The third-order valence-corrected chi connectivity index (χ3v) is 2.34. The van der Waals surface area contributed by atoms with Gasteiger partial charge in [0.05, 0.1) is 7.11 Å². The van der Waals surface area contributed by atoms with E-state index < -0.39 is 5.97 Å². The minimum absolute atomic E-state index is 0.221. The lowest BCUT2D eigenvalue weighted by molar-refractivity contribution is -0.131. The minimum atomic E-state index is -0.944. The van der Waals surface area contributed by atoms with E-state index in [1.165, 1.54) is 6.08 Å². The minimum Gasteiger partial charge on any atom is -0.497 e. The van der Waals surface area contributed by atoms with Gasteiger partial charge in [-0.25, -0.2) is 4.79 Å². The number of benzene rings is 1. The molecule has 16 heavy (non-hydrogen) atoms. The largest absolute Gasteiger partial charge is 0.497 e. The molecule has 0 saturated carbocycles. The van der Waals surface area contributed by atoms with Crippen molar-refractivity contribution in [3.05, 3.63) is 46.4 Å². The predicted octanol–water partition coefficient (Wildman–Crippen LogP) is 1.85. The van der Waals surface area contributed by atoms with Crippen LogP contribution in [0.1, 0.15) is 5.56 Å². The average Bonchev–Trinajstić information content (AvgIpc) is 2.29. The lowest BCUT2D eigenvalue weighted by atomic mass is 10.2. The zero-order chi connectivity index (χ0) is 12.0. The normalized spacial score (nSPS) is 11.7. The molecule has 0 bridgehead atoms. The van der Waals surface area contributed by atoms with Crippen molar-refractivity contribution in [2.45, 2.75) is 0 Å². The molecule has 0 aromatic heterocycles. The molecule has 0 spiro atoms. The van der Waals surface area contributed by atoms with Gasteiger partial charge in [0, 0.05) is 0 Å². The van der Waals surface area contributed by atoms with Crippen molar-refractivity contribution in [1.29, 1.82) is 0 Å². The van der Waals surface area contributed by atoms with Gasteiger partial charge in [0.1, 0.15) is 5.75 Å². The van der Waals surface area contributed by atoms with Crippen molar-refractivity contribution < 1.29 is 14.6 Å². The maximum Gasteiger partial charge on any atom is 0.312 e. The van der Waals surface area contributed by atoms with Gasteiger partial charge < -0.3 is 9.84 Å². The van der Waals surface area contributed by atoms with E-state index in [1.54, 1.807) is 13.2 Å². The van der Waals surface area contributed by atoms with Crippen molar-refractivity contribution >= 4 is 28.3 Å². The molecule has 0 unspecified atom stereocenters. The highest BCUT2D eigenvalue weighted by Crippen LogP contribution is 2.13. The summed E-state index contributed by atoms with van der Waals surface area (Å²) in [5, 5.41) is 8.62. The van der Waals surface area contributed by atoms with Gasteiger partial charge in [-0.05, 0) is 17.7 Å². The summed E-state index contributed by atoms with van der Waals surface area (Å²) in [6.45, 7) is 0. The molecule has 1 aromatic carbocycles. The van der Waals surface area contributed by atoms with E-state index in [-0.39, 0.29) is 4.44 Å². The molecule has 2 radical (unpaired) electrons. The van der Waals surface area contributed by atoms with E-state index in [1.807, 2.05) is 30.3 Å². The molecule has 4 heteroatoms. The predicted molar refractivity (Wildman–Crippen MR) is 63.5 cm³/mol. The van der Waals surface area contributed by atoms with Crippen LogP contribution >= 0.6 is 0 Å². The standard InChI is InChI=1S/C12H11O3.Al/c1-15-11-7-4-6-10(9-11)5-2-3-8-12(13)14;/h2-7,9H,1H3,(H,13,14);/b5-2+,8-3?;. The fourth-order valence-electron chi connectivity index (χ4n) is 1.08. The average molecular weight is 230 g/mol. The number of aliphatic carboxylic acids is 1. The molecule has 0 aliphatic rings. The lowest BCUT2D eigenvalue weighted by Gasteiger charge is -1.99. The maximum atomic E-state index is 10.5. The van der Waals surface area contributed by atoms with Crippen molar-refractivity contribution in [3.63, 3.8) is 0 Å². The Balaban J connectivity index is 2.76. The fourth-order valence-corrected chi connectivity index (χ4v) is 1.19. The molecule has 0 heterocycles. The van der Waals surface area contributed by atoms with Gasteiger partial charge in [-0.2, -0.15) is 0 Å². The Morgan fingerprint density at radius 3 is 2.88 bits per heavy atom. The number of allylic oxidation sites excluding steroid dienone is 2. The first kappa shape index (κ1) is 12.6. The molecule has 1 aromatic rings. The van der Waals surface area contributed by atoms with Crippen LogP contribution in [0.4, 0.5) is 0 Å². The summed E-state index contributed by atoms with van der Waals surface area (Å²) in [6, 6.07) is 7.51. The summed E-state index contributed by atoms with van der Waals surface area (Å²) >= 11 is 2.17. The van der Waals surface area contributed by atoms with Crippen LogP contribution < -0.4 is 4.74 Å². The third-order valence-electron chi connectivity index (χ3n) is 1.91. The highest BCUT2D eigenvalue weighted by molar-refractivity contribution is 6.35. The highest BCUT2D eigenvalue weighted by atomic mass is 27.0.